The monoisotopic (exact) mass is 625 g/mol. The van der Waals surface area contributed by atoms with Crippen molar-refractivity contribution in [2.75, 3.05) is 24.5 Å². The summed E-state index contributed by atoms with van der Waals surface area (Å²) in [7, 11) is -2.80. The molecule has 3 aromatic rings. The fourth-order valence-corrected chi connectivity index (χ4v) is 6.32. The molecule has 0 aliphatic carbocycles. The lowest BCUT2D eigenvalue weighted by Gasteiger charge is -2.33. The maximum atomic E-state index is 14.0. The molecule has 12 heteroatoms. The molecule has 8 nitrogen and oxygen atoms in total. The van der Waals surface area contributed by atoms with E-state index in [0.717, 1.165) is 4.31 Å². The van der Waals surface area contributed by atoms with Gasteiger partial charge in [-0.15, -0.1) is 0 Å². The van der Waals surface area contributed by atoms with Crippen molar-refractivity contribution in [2.45, 2.75) is 37.8 Å². The third-order valence-electron chi connectivity index (χ3n) is 6.16. The van der Waals surface area contributed by atoms with Gasteiger partial charge in [-0.25, -0.2) is 8.42 Å². The van der Waals surface area contributed by atoms with Gasteiger partial charge in [0.15, 0.2) is 0 Å². The number of hydrogen-bond acceptors (Lipinski definition) is 5. The van der Waals surface area contributed by atoms with Gasteiger partial charge in [-0.1, -0.05) is 66.0 Å². The second kappa shape index (κ2) is 14.1. The first-order valence-electron chi connectivity index (χ1n) is 12.5. The lowest BCUT2D eigenvalue weighted by molar-refractivity contribution is -0.140. The first-order chi connectivity index (χ1) is 19.0. The van der Waals surface area contributed by atoms with Crippen molar-refractivity contribution in [1.82, 2.24) is 10.2 Å². The summed E-state index contributed by atoms with van der Waals surface area (Å²) in [5.41, 5.74) is 0.580. The molecular formula is C28H30Cl3N3O5S. The van der Waals surface area contributed by atoms with Gasteiger partial charge in [-0.05, 0) is 55.8 Å². The molecule has 214 valence electrons. The third-order valence-corrected chi connectivity index (χ3v) is 8.95. The molecule has 2 amide bonds. The van der Waals surface area contributed by atoms with E-state index in [1.165, 1.54) is 42.3 Å². The second-order valence-electron chi connectivity index (χ2n) is 8.68. The molecule has 40 heavy (non-hydrogen) atoms. The fourth-order valence-electron chi connectivity index (χ4n) is 4.12. The Hall–Kier alpha value is -2.98. The predicted octanol–water partition coefficient (Wildman–Crippen LogP) is 5.79. The number of likely N-dealkylation sites (N-methyl/N-ethyl adjacent to an activating group) is 1. The van der Waals surface area contributed by atoms with Crippen LogP contribution in [0.3, 0.4) is 0 Å². The van der Waals surface area contributed by atoms with E-state index in [1.54, 1.807) is 50.2 Å². The van der Waals surface area contributed by atoms with Crippen molar-refractivity contribution in [2.24, 2.45) is 0 Å². The number of hydrogen-bond donors (Lipinski definition) is 1. The van der Waals surface area contributed by atoms with Crippen LogP contribution in [0.2, 0.25) is 15.1 Å². The van der Waals surface area contributed by atoms with Gasteiger partial charge >= 0.3 is 0 Å². The van der Waals surface area contributed by atoms with Gasteiger partial charge in [0.1, 0.15) is 18.3 Å². The number of nitrogens with one attached hydrogen (secondary N) is 1. The number of carbonyl (C=O) groups excluding carboxylic acids is 2. The summed E-state index contributed by atoms with van der Waals surface area (Å²) in [6.07, 6.45) is 0.263. The number of nitrogens with zero attached hydrogens (tertiary/aromatic N) is 2. The summed E-state index contributed by atoms with van der Waals surface area (Å²) >= 11 is 19.2. The minimum atomic E-state index is -4.24. The quantitative estimate of drug-likeness (QED) is 0.274. The number of benzene rings is 3. The van der Waals surface area contributed by atoms with Crippen LogP contribution >= 0.6 is 34.8 Å². The van der Waals surface area contributed by atoms with Crippen LogP contribution in [-0.4, -0.2) is 51.4 Å². The van der Waals surface area contributed by atoms with Gasteiger partial charge in [-0.3, -0.25) is 13.9 Å². The molecule has 3 rings (SSSR count). The topological polar surface area (TPSA) is 96.0 Å². The van der Waals surface area contributed by atoms with Gasteiger partial charge in [0.25, 0.3) is 10.0 Å². The number of methoxy groups -OCH3 is 1. The standard InChI is InChI=1S/C28H30Cl3N3O5S/c1-4-25(28(36)32-5-2)33(17-21-22(29)12-9-13-23(21)30)27(35)18-34(19-14-15-26(39-3)24(31)16-19)40(37,38)20-10-7-6-8-11-20/h6-16,25H,4-5,17-18H2,1-3H3,(H,32,36). The van der Waals surface area contributed by atoms with E-state index < -0.39 is 28.5 Å². The molecule has 0 aliphatic rings. The average Bonchev–Trinajstić information content (AvgIpc) is 2.93. The SMILES string of the molecule is CCNC(=O)C(CC)N(Cc1c(Cl)cccc1Cl)C(=O)CN(c1ccc(OC)c(Cl)c1)S(=O)(=O)c1ccccc1. The Morgan fingerprint density at radius 3 is 2.12 bits per heavy atom. The molecule has 0 fully saturated rings. The molecule has 0 bridgehead atoms. The summed E-state index contributed by atoms with van der Waals surface area (Å²) in [4.78, 5) is 28.4. The number of carbonyl (C=O) groups is 2. The molecule has 0 saturated carbocycles. The molecule has 1 atom stereocenters. The molecule has 0 spiro atoms. The van der Waals surface area contributed by atoms with Crippen molar-refractivity contribution >= 4 is 62.3 Å². The zero-order valence-corrected chi connectivity index (χ0v) is 25.3. The molecule has 3 aromatic carbocycles. The Kier molecular flexibility index (Phi) is 11.1. The van der Waals surface area contributed by atoms with E-state index in [9.17, 15) is 18.0 Å². The highest BCUT2D eigenvalue weighted by Crippen LogP contribution is 2.33. The summed E-state index contributed by atoms with van der Waals surface area (Å²) in [6.45, 7) is 3.13. The van der Waals surface area contributed by atoms with Gasteiger partial charge in [-0.2, -0.15) is 0 Å². The molecule has 0 heterocycles. The van der Waals surface area contributed by atoms with E-state index >= 15 is 0 Å². The summed E-state index contributed by atoms with van der Waals surface area (Å²) in [5.74, 6) is -0.682. The zero-order chi connectivity index (χ0) is 29.4. The molecular weight excluding hydrogens is 597 g/mol. The molecule has 0 aromatic heterocycles. The maximum Gasteiger partial charge on any atom is 0.264 e. The highest BCUT2D eigenvalue weighted by atomic mass is 35.5. The lowest BCUT2D eigenvalue weighted by Crippen LogP contribution is -2.52. The second-order valence-corrected chi connectivity index (χ2v) is 11.8. The van der Waals surface area contributed by atoms with Crippen molar-refractivity contribution in [1.29, 1.82) is 0 Å². The number of halogens is 3. The predicted molar refractivity (Wildman–Crippen MR) is 159 cm³/mol. The maximum absolute atomic E-state index is 14.0. The van der Waals surface area contributed by atoms with E-state index in [0.29, 0.717) is 27.9 Å². The number of anilines is 1. The highest BCUT2D eigenvalue weighted by Gasteiger charge is 2.34. The van der Waals surface area contributed by atoms with E-state index in [4.69, 9.17) is 39.5 Å². The Balaban J connectivity index is 2.12. The molecule has 0 saturated heterocycles. The van der Waals surface area contributed by atoms with Crippen molar-refractivity contribution in [3.63, 3.8) is 0 Å². The van der Waals surface area contributed by atoms with Gasteiger partial charge < -0.3 is 15.0 Å². The highest BCUT2D eigenvalue weighted by molar-refractivity contribution is 7.92. The van der Waals surface area contributed by atoms with E-state index in [2.05, 4.69) is 5.32 Å². The van der Waals surface area contributed by atoms with Crippen LogP contribution in [-0.2, 0) is 26.2 Å². The van der Waals surface area contributed by atoms with Gasteiger partial charge in [0.2, 0.25) is 11.8 Å². The number of rotatable bonds is 12. The minimum absolute atomic E-state index is 0.0220. The smallest absolute Gasteiger partial charge is 0.264 e. The van der Waals surface area contributed by atoms with Crippen LogP contribution in [0.1, 0.15) is 25.8 Å². The first kappa shape index (κ1) is 31.5. The summed E-state index contributed by atoms with van der Waals surface area (Å²) < 4.78 is 33.9. The Morgan fingerprint density at radius 1 is 0.925 bits per heavy atom. The fraction of sp³-hybridized carbons (Fsp3) is 0.286. The van der Waals surface area contributed by atoms with Gasteiger partial charge in [0, 0.05) is 28.7 Å². The van der Waals surface area contributed by atoms with Crippen LogP contribution in [0.25, 0.3) is 0 Å². The van der Waals surface area contributed by atoms with Crippen LogP contribution in [0, 0.1) is 0 Å². The normalized spacial score (nSPS) is 11.9. The molecule has 0 aliphatic heterocycles. The van der Waals surface area contributed by atoms with Crippen LogP contribution in [0.15, 0.2) is 71.6 Å². The van der Waals surface area contributed by atoms with Crippen LogP contribution in [0.5, 0.6) is 5.75 Å². The molecule has 1 unspecified atom stereocenters. The number of ether oxygens (including phenoxy) is 1. The van der Waals surface area contributed by atoms with Crippen LogP contribution in [0.4, 0.5) is 5.69 Å². The Bertz CT molecular complexity index is 1430. The van der Waals surface area contributed by atoms with Crippen LogP contribution < -0.4 is 14.4 Å². The molecule has 0 radical (unpaired) electrons. The largest absolute Gasteiger partial charge is 0.495 e. The van der Waals surface area contributed by atoms with E-state index in [-0.39, 0.29) is 34.5 Å². The number of amides is 2. The van der Waals surface area contributed by atoms with E-state index in [1.807, 2.05) is 0 Å². The van der Waals surface area contributed by atoms with Gasteiger partial charge in [0.05, 0.1) is 22.7 Å². The third kappa shape index (κ3) is 7.20. The average molecular weight is 627 g/mol. The van der Waals surface area contributed by atoms with Crippen molar-refractivity contribution in [3.05, 3.63) is 87.4 Å². The summed E-state index contributed by atoms with van der Waals surface area (Å²) in [6, 6.07) is 16.2. The Labute approximate surface area is 249 Å². The van der Waals surface area contributed by atoms with Crippen molar-refractivity contribution in [3.8, 4) is 5.75 Å². The molecule has 1 N–H and O–H groups in total. The van der Waals surface area contributed by atoms with Crippen molar-refractivity contribution < 1.29 is 22.7 Å². The lowest BCUT2D eigenvalue weighted by atomic mass is 10.1. The zero-order valence-electron chi connectivity index (χ0n) is 22.2. The number of sulfonamides is 1. The first-order valence-corrected chi connectivity index (χ1v) is 15.0. The Morgan fingerprint density at radius 2 is 1.57 bits per heavy atom. The summed E-state index contributed by atoms with van der Waals surface area (Å²) in [5, 5.41) is 3.53. The minimum Gasteiger partial charge on any atom is -0.495 e.